The lowest BCUT2D eigenvalue weighted by Crippen LogP contribution is -2.24. The van der Waals surface area contributed by atoms with Gasteiger partial charge in [0.15, 0.2) is 0 Å². The van der Waals surface area contributed by atoms with Gasteiger partial charge in [0.2, 0.25) is 0 Å². The zero-order valence-corrected chi connectivity index (χ0v) is 11.9. The fourth-order valence-electron chi connectivity index (χ4n) is 1.88. The van der Waals surface area contributed by atoms with Crippen molar-refractivity contribution in [1.29, 1.82) is 0 Å². The monoisotopic (exact) mass is 274 g/mol. The van der Waals surface area contributed by atoms with E-state index in [-0.39, 0.29) is 12.8 Å². The largest absolute Gasteiger partial charge is 0.481 e. The number of unbranched alkanes of at least 4 members (excludes halogenated alkanes) is 2. The molecule has 0 aliphatic rings. The molecule has 112 valence electrons. The molecule has 5 heteroatoms. The third kappa shape index (κ3) is 10.5. The number of carboxylic acids is 1. The van der Waals surface area contributed by atoms with E-state index in [1.54, 1.807) is 0 Å². The summed E-state index contributed by atoms with van der Waals surface area (Å²) in [5.74, 6) is -1.48. The van der Waals surface area contributed by atoms with Crippen LogP contribution in [0.5, 0.6) is 0 Å². The molecule has 2 unspecified atom stereocenters. The minimum absolute atomic E-state index is 0.0578. The number of hydrogen-bond donors (Lipinski definition) is 2. The Balaban J connectivity index is 4.13. The number of carbonyl (C=O) groups is 2. The molecule has 0 fully saturated rings. The molecule has 0 saturated heterocycles. The average molecular weight is 274 g/mol. The molecule has 0 aromatic carbocycles. The van der Waals surface area contributed by atoms with Crippen LogP contribution in [-0.4, -0.2) is 34.4 Å². The zero-order valence-electron chi connectivity index (χ0n) is 11.9. The Labute approximate surface area is 115 Å². The molecular weight excluding hydrogens is 248 g/mol. The summed E-state index contributed by atoms with van der Waals surface area (Å²) in [6, 6.07) is 0. The van der Waals surface area contributed by atoms with E-state index < -0.39 is 24.1 Å². The fourth-order valence-corrected chi connectivity index (χ4v) is 1.88. The average Bonchev–Trinajstić information content (AvgIpc) is 2.28. The van der Waals surface area contributed by atoms with Gasteiger partial charge in [-0.25, -0.2) is 0 Å². The maximum absolute atomic E-state index is 11.6. The lowest BCUT2D eigenvalue weighted by Gasteiger charge is -2.17. The van der Waals surface area contributed by atoms with E-state index >= 15 is 0 Å². The third-order valence-corrected chi connectivity index (χ3v) is 2.85. The first kappa shape index (κ1) is 17.9. The van der Waals surface area contributed by atoms with E-state index in [1.807, 2.05) is 6.92 Å². The molecule has 2 atom stereocenters. The number of aliphatic hydroxyl groups is 1. The predicted molar refractivity (Wildman–Crippen MR) is 71.8 cm³/mol. The summed E-state index contributed by atoms with van der Waals surface area (Å²) in [6.07, 6.45) is 3.28. The second-order valence-corrected chi connectivity index (χ2v) is 4.85. The molecule has 0 aromatic heterocycles. The molecule has 0 radical (unpaired) electrons. The number of ether oxygens (including phenoxy) is 1. The maximum atomic E-state index is 11.6. The van der Waals surface area contributed by atoms with Gasteiger partial charge in [0, 0.05) is 0 Å². The van der Waals surface area contributed by atoms with Crippen molar-refractivity contribution < 1.29 is 24.5 Å². The summed E-state index contributed by atoms with van der Waals surface area (Å²) >= 11 is 0. The van der Waals surface area contributed by atoms with Gasteiger partial charge in [-0.2, -0.15) is 0 Å². The Morgan fingerprint density at radius 3 is 2.26 bits per heavy atom. The summed E-state index contributed by atoms with van der Waals surface area (Å²) in [5.41, 5.74) is 0. The highest BCUT2D eigenvalue weighted by Crippen LogP contribution is 2.13. The van der Waals surface area contributed by atoms with E-state index in [0.717, 1.165) is 25.7 Å². The number of hydrogen-bond acceptors (Lipinski definition) is 4. The smallest absolute Gasteiger partial charge is 0.308 e. The molecule has 5 nitrogen and oxygen atoms in total. The molecular formula is C14H26O5. The van der Waals surface area contributed by atoms with Crippen molar-refractivity contribution in [3.05, 3.63) is 0 Å². The van der Waals surface area contributed by atoms with Gasteiger partial charge in [-0.05, 0) is 19.3 Å². The number of esters is 1. The van der Waals surface area contributed by atoms with Crippen LogP contribution in [0.3, 0.4) is 0 Å². The highest BCUT2D eigenvalue weighted by molar-refractivity contribution is 5.71. The van der Waals surface area contributed by atoms with E-state index in [0.29, 0.717) is 12.8 Å². The van der Waals surface area contributed by atoms with Gasteiger partial charge in [0.05, 0.1) is 18.9 Å². The van der Waals surface area contributed by atoms with E-state index in [2.05, 4.69) is 6.92 Å². The zero-order chi connectivity index (χ0) is 14.7. The lowest BCUT2D eigenvalue weighted by atomic mass is 10.1. The molecule has 0 aromatic rings. The molecule has 0 heterocycles. The van der Waals surface area contributed by atoms with Crippen molar-refractivity contribution in [3.63, 3.8) is 0 Å². The number of aliphatic carboxylic acids is 1. The Morgan fingerprint density at radius 2 is 1.74 bits per heavy atom. The minimum Gasteiger partial charge on any atom is -0.481 e. The predicted octanol–water partition coefficient (Wildman–Crippen LogP) is 2.50. The molecule has 0 bridgehead atoms. The van der Waals surface area contributed by atoms with Crippen LogP contribution in [0, 0.1) is 0 Å². The number of rotatable bonds is 11. The molecule has 0 saturated carbocycles. The molecule has 19 heavy (non-hydrogen) atoms. The highest BCUT2D eigenvalue weighted by Gasteiger charge is 2.19. The van der Waals surface area contributed by atoms with Gasteiger partial charge in [0.1, 0.15) is 6.10 Å². The first-order valence-electron chi connectivity index (χ1n) is 7.08. The number of aliphatic hydroxyl groups excluding tert-OH is 1. The standard InChI is InChI=1S/C14H26O5/c1-3-5-6-8-12(10-13(16)17)19-14(18)9-11(15)7-4-2/h11-12,15H,3-10H2,1-2H3,(H,16,17). The Hall–Kier alpha value is -1.10. The van der Waals surface area contributed by atoms with Crippen molar-refractivity contribution in [2.45, 2.75) is 77.4 Å². The topological polar surface area (TPSA) is 83.8 Å². The van der Waals surface area contributed by atoms with Crippen LogP contribution < -0.4 is 0 Å². The minimum atomic E-state index is -0.969. The third-order valence-electron chi connectivity index (χ3n) is 2.85. The van der Waals surface area contributed by atoms with Crippen LogP contribution in [0.1, 0.15) is 65.2 Å². The number of carboxylic acid groups (broad SMARTS) is 1. The van der Waals surface area contributed by atoms with Crippen LogP contribution in [-0.2, 0) is 14.3 Å². The molecule has 0 amide bonds. The molecule has 0 rings (SSSR count). The Bertz CT molecular complexity index is 265. The van der Waals surface area contributed by atoms with Crippen LogP contribution in [0.2, 0.25) is 0 Å². The summed E-state index contributed by atoms with van der Waals surface area (Å²) in [5, 5.41) is 18.3. The second kappa shape index (κ2) is 10.8. The van der Waals surface area contributed by atoms with Gasteiger partial charge in [0.25, 0.3) is 0 Å². The van der Waals surface area contributed by atoms with Crippen molar-refractivity contribution in [1.82, 2.24) is 0 Å². The van der Waals surface area contributed by atoms with Crippen molar-refractivity contribution >= 4 is 11.9 Å². The summed E-state index contributed by atoms with van der Waals surface area (Å²) in [4.78, 5) is 22.3. The molecule has 2 N–H and O–H groups in total. The van der Waals surface area contributed by atoms with Crippen molar-refractivity contribution in [2.24, 2.45) is 0 Å². The first-order valence-corrected chi connectivity index (χ1v) is 7.08. The van der Waals surface area contributed by atoms with Gasteiger partial charge in [-0.1, -0.05) is 33.1 Å². The van der Waals surface area contributed by atoms with E-state index in [4.69, 9.17) is 9.84 Å². The Kier molecular flexibility index (Phi) is 10.2. The van der Waals surface area contributed by atoms with Crippen LogP contribution in [0.25, 0.3) is 0 Å². The summed E-state index contributed by atoms with van der Waals surface area (Å²) in [6.45, 7) is 3.98. The van der Waals surface area contributed by atoms with Crippen molar-refractivity contribution in [3.8, 4) is 0 Å². The van der Waals surface area contributed by atoms with E-state index in [9.17, 15) is 14.7 Å². The van der Waals surface area contributed by atoms with Gasteiger partial charge < -0.3 is 14.9 Å². The summed E-state index contributed by atoms with van der Waals surface area (Å²) < 4.78 is 5.15. The summed E-state index contributed by atoms with van der Waals surface area (Å²) in [7, 11) is 0. The maximum Gasteiger partial charge on any atom is 0.308 e. The lowest BCUT2D eigenvalue weighted by molar-refractivity contribution is -0.155. The van der Waals surface area contributed by atoms with Crippen molar-refractivity contribution in [2.75, 3.05) is 0 Å². The SMILES string of the molecule is CCCCCC(CC(=O)O)OC(=O)CC(O)CCC. The molecule has 0 spiro atoms. The van der Waals surface area contributed by atoms with Gasteiger partial charge >= 0.3 is 11.9 Å². The number of carbonyl (C=O) groups excluding carboxylic acids is 1. The van der Waals surface area contributed by atoms with Gasteiger partial charge in [-0.15, -0.1) is 0 Å². The second-order valence-electron chi connectivity index (χ2n) is 4.85. The van der Waals surface area contributed by atoms with Crippen LogP contribution >= 0.6 is 0 Å². The Morgan fingerprint density at radius 1 is 1.05 bits per heavy atom. The normalized spacial score (nSPS) is 13.8. The van der Waals surface area contributed by atoms with Gasteiger partial charge in [-0.3, -0.25) is 9.59 Å². The quantitative estimate of drug-likeness (QED) is 0.447. The highest BCUT2D eigenvalue weighted by atomic mass is 16.5. The molecule has 0 aliphatic heterocycles. The van der Waals surface area contributed by atoms with E-state index in [1.165, 1.54) is 0 Å². The first-order chi connectivity index (χ1) is 8.99. The molecule has 0 aliphatic carbocycles. The van der Waals surface area contributed by atoms with Crippen LogP contribution in [0.4, 0.5) is 0 Å². The fraction of sp³-hybridized carbons (Fsp3) is 0.857. The van der Waals surface area contributed by atoms with Crippen LogP contribution in [0.15, 0.2) is 0 Å².